The van der Waals surface area contributed by atoms with Crippen LogP contribution in [-0.4, -0.2) is 15.9 Å². The molecule has 1 amide bonds. The van der Waals surface area contributed by atoms with Crippen molar-refractivity contribution in [2.45, 2.75) is 16.5 Å². The lowest BCUT2D eigenvalue weighted by Crippen LogP contribution is -2.95. The second-order valence-corrected chi connectivity index (χ2v) is 7.16. The Hall–Kier alpha value is -1.46. The van der Waals surface area contributed by atoms with Gasteiger partial charge in [-0.3, -0.25) is 10.1 Å². The van der Waals surface area contributed by atoms with Gasteiger partial charge in [-0.2, -0.15) is 0 Å². The third-order valence-electron chi connectivity index (χ3n) is 3.01. The van der Waals surface area contributed by atoms with Crippen molar-refractivity contribution in [2.24, 2.45) is 0 Å². The summed E-state index contributed by atoms with van der Waals surface area (Å²) in [6.45, 7) is 0.439. The first-order valence-corrected chi connectivity index (χ1v) is 8.04. The van der Waals surface area contributed by atoms with Crippen LogP contribution in [0, 0.1) is 0 Å². The molecule has 1 aromatic heterocycles. The van der Waals surface area contributed by atoms with Crippen LogP contribution in [0.1, 0.15) is 11.3 Å². The molecule has 0 aliphatic rings. The number of hydrogen-bond donors (Lipinski definition) is 2. The molecule has 1 aromatic carbocycles. The molecule has 0 saturated heterocycles. The number of nitrogens with two attached hydrogens (primary N) is 1. The highest BCUT2D eigenvalue weighted by atomic mass is 35.6. The number of amides is 1. The highest BCUT2D eigenvalue weighted by Gasteiger charge is 2.37. The Morgan fingerprint density at radius 3 is 2.57 bits per heavy atom. The molecule has 2 aromatic rings. The van der Waals surface area contributed by atoms with Gasteiger partial charge in [0, 0.05) is 6.08 Å². The zero-order valence-electron chi connectivity index (χ0n) is 12.1. The number of rotatable bonds is 6. The van der Waals surface area contributed by atoms with E-state index in [1.165, 1.54) is 6.08 Å². The Bertz CT molecular complexity index is 637. The summed E-state index contributed by atoms with van der Waals surface area (Å²) < 4.78 is 3.57. The molecule has 0 unspecified atom stereocenters. The van der Waals surface area contributed by atoms with Crippen LogP contribution >= 0.6 is 34.8 Å². The fourth-order valence-corrected chi connectivity index (χ4v) is 2.31. The van der Waals surface area contributed by atoms with E-state index in [1.807, 2.05) is 36.4 Å². The Morgan fingerprint density at radius 2 is 1.96 bits per heavy atom. The minimum absolute atomic E-state index is 0.346. The third kappa shape index (κ3) is 6.28. The Labute approximate surface area is 149 Å². The molecule has 0 aliphatic heterocycles. The molecule has 1 heterocycles. The Morgan fingerprint density at radius 1 is 1.22 bits per heavy atom. The fraction of sp³-hybridized carbons (Fsp3) is 0.188. The van der Waals surface area contributed by atoms with E-state index in [0.29, 0.717) is 6.54 Å². The summed E-state index contributed by atoms with van der Waals surface area (Å²) in [6.07, 6.45) is 3.91. The van der Waals surface area contributed by atoms with Crippen LogP contribution in [0.2, 0.25) is 0 Å². The maximum Gasteiger partial charge on any atom is 0.262 e. The molecule has 3 N–H and O–H groups in total. The smallest absolute Gasteiger partial charge is 0.262 e. The van der Waals surface area contributed by atoms with Crippen LogP contribution in [0.15, 0.2) is 59.2 Å². The van der Waals surface area contributed by atoms with E-state index in [1.54, 1.807) is 23.7 Å². The zero-order valence-corrected chi connectivity index (χ0v) is 14.4. The summed E-state index contributed by atoms with van der Waals surface area (Å²) >= 11 is 17.8. The van der Waals surface area contributed by atoms with Crippen LogP contribution in [0.3, 0.4) is 0 Å². The van der Waals surface area contributed by atoms with E-state index in [4.69, 9.17) is 39.2 Å². The zero-order chi connectivity index (χ0) is 16.7. The maximum absolute atomic E-state index is 12.0. The molecule has 2 rings (SSSR count). The minimum Gasteiger partial charge on any atom is -0.463 e. The first-order chi connectivity index (χ1) is 10.9. The summed E-state index contributed by atoms with van der Waals surface area (Å²) in [5.74, 6) is 0.374. The first-order valence-electron chi connectivity index (χ1n) is 6.91. The maximum atomic E-state index is 12.0. The van der Waals surface area contributed by atoms with Gasteiger partial charge < -0.3 is 9.73 Å². The molecule has 23 heavy (non-hydrogen) atoms. The number of halogens is 3. The number of quaternary nitrogens is 1. The van der Waals surface area contributed by atoms with Gasteiger partial charge in [0.25, 0.3) is 3.79 Å². The molecule has 1 atom stereocenters. The van der Waals surface area contributed by atoms with Crippen molar-refractivity contribution in [3.63, 3.8) is 0 Å². The van der Waals surface area contributed by atoms with Gasteiger partial charge in [0.05, 0.1) is 6.26 Å². The first kappa shape index (κ1) is 17.9. The lowest BCUT2D eigenvalue weighted by molar-refractivity contribution is -0.708. The molecule has 0 aliphatic carbocycles. The average molecular weight is 375 g/mol. The molecule has 0 bridgehead atoms. The van der Waals surface area contributed by atoms with E-state index in [-0.39, 0.29) is 5.91 Å². The summed E-state index contributed by atoms with van der Waals surface area (Å²) in [4.78, 5) is 12.0. The van der Waals surface area contributed by atoms with E-state index in [0.717, 1.165) is 11.3 Å². The predicted octanol–water partition coefficient (Wildman–Crippen LogP) is 2.87. The highest BCUT2D eigenvalue weighted by Crippen LogP contribution is 2.27. The van der Waals surface area contributed by atoms with Crippen LogP contribution in [0.4, 0.5) is 0 Å². The van der Waals surface area contributed by atoms with Crippen LogP contribution in [0.25, 0.3) is 6.08 Å². The molecular formula is C16H16Cl3N2O2+. The van der Waals surface area contributed by atoms with E-state index < -0.39 is 9.96 Å². The van der Waals surface area contributed by atoms with Crippen molar-refractivity contribution >= 4 is 46.8 Å². The largest absolute Gasteiger partial charge is 0.463 e. The van der Waals surface area contributed by atoms with E-state index >= 15 is 0 Å². The number of nitrogens with one attached hydrogen (secondary N) is 1. The Kier molecular flexibility index (Phi) is 6.54. The number of furan rings is 1. The lowest BCUT2D eigenvalue weighted by Gasteiger charge is -2.22. The third-order valence-corrected chi connectivity index (χ3v) is 3.72. The quantitative estimate of drug-likeness (QED) is 0.464. The van der Waals surface area contributed by atoms with Crippen molar-refractivity contribution in [1.29, 1.82) is 0 Å². The molecular weight excluding hydrogens is 359 g/mol. The molecule has 7 heteroatoms. The van der Waals surface area contributed by atoms with Gasteiger partial charge in [0.2, 0.25) is 12.1 Å². The number of carbonyl (C=O) groups is 1. The molecule has 0 fully saturated rings. The monoisotopic (exact) mass is 373 g/mol. The standard InChI is InChI=1S/C16H15Cl3N2O2/c17-16(18,19)15(20-11-13-7-4-10-23-13)21-14(22)9-8-12-5-2-1-3-6-12/h1-10,15,20H,11H2,(H,21,22)/p+1/b9-8+/t15-/m1/s1. The average Bonchev–Trinajstić information content (AvgIpc) is 3.02. The van der Waals surface area contributed by atoms with Gasteiger partial charge in [0.15, 0.2) is 5.76 Å². The van der Waals surface area contributed by atoms with Crippen molar-refractivity contribution in [3.05, 3.63) is 66.1 Å². The van der Waals surface area contributed by atoms with Gasteiger partial charge >= 0.3 is 0 Å². The minimum atomic E-state index is -1.65. The number of benzene rings is 1. The molecule has 122 valence electrons. The van der Waals surface area contributed by atoms with Gasteiger partial charge in [0.1, 0.15) is 6.54 Å². The van der Waals surface area contributed by atoms with Gasteiger partial charge in [-0.1, -0.05) is 65.1 Å². The van der Waals surface area contributed by atoms with Crippen LogP contribution in [-0.2, 0) is 11.3 Å². The summed E-state index contributed by atoms with van der Waals surface area (Å²) in [5, 5.41) is 4.37. The molecule has 0 saturated carbocycles. The van der Waals surface area contributed by atoms with Gasteiger partial charge in [-0.05, 0) is 23.8 Å². The van der Waals surface area contributed by atoms with Crippen molar-refractivity contribution in [2.75, 3.05) is 0 Å². The van der Waals surface area contributed by atoms with Crippen LogP contribution in [0.5, 0.6) is 0 Å². The Balaban J connectivity index is 1.94. The van der Waals surface area contributed by atoms with Crippen molar-refractivity contribution in [3.8, 4) is 0 Å². The lowest BCUT2D eigenvalue weighted by atomic mass is 10.2. The molecule has 0 spiro atoms. The summed E-state index contributed by atoms with van der Waals surface area (Å²) in [7, 11) is 0. The highest BCUT2D eigenvalue weighted by molar-refractivity contribution is 6.68. The SMILES string of the molecule is O=C(/C=C/c1ccccc1)N[C@@H]([NH2+]Cc1ccco1)C(Cl)(Cl)Cl. The van der Waals surface area contributed by atoms with Crippen LogP contribution < -0.4 is 10.6 Å². The van der Waals surface area contributed by atoms with Gasteiger partial charge in [-0.15, -0.1) is 0 Å². The van der Waals surface area contributed by atoms with E-state index in [9.17, 15) is 4.79 Å². The predicted molar refractivity (Wildman–Crippen MR) is 92.0 cm³/mol. The van der Waals surface area contributed by atoms with E-state index in [2.05, 4.69) is 5.32 Å². The normalized spacial score (nSPS) is 13.2. The molecule has 4 nitrogen and oxygen atoms in total. The number of carbonyl (C=O) groups excluding carboxylic acids is 1. The number of alkyl halides is 3. The number of hydrogen-bond acceptors (Lipinski definition) is 2. The summed E-state index contributed by atoms with van der Waals surface area (Å²) in [5.41, 5.74) is 0.910. The summed E-state index contributed by atoms with van der Waals surface area (Å²) in [6, 6.07) is 13.0. The molecule has 0 radical (unpaired) electrons. The van der Waals surface area contributed by atoms with Gasteiger partial charge in [-0.25, -0.2) is 0 Å². The topological polar surface area (TPSA) is 58.9 Å². The van der Waals surface area contributed by atoms with Crippen molar-refractivity contribution < 1.29 is 14.5 Å². The second kappa shape index (κ2) is 8.41. The fourth-order valence-electron chi connectivity index (χ4n) is 1.87. The van der Waals surface area contributed by atoms with Crippen molar-refractivity contribution in [1.82, 2.24) is 5.32 Å². The second-order valence-electron chi connectivity index (χ2n) is 4.79.